The van der Waals surface area contributed by atoms with Gasteiger partial charge in [-0.05, 0) is 61.0 Å². The number of non-ortho nitro benzene ring substituents is 1. The van der Waals surface area contributed by atoms with Gasteiger partial charge in [-0.25, -0.2) is 4.39 Å². The maximum Gasteiger partial charge on any atom is 0.278 e. The summed E-state index contributed by atoms with van der Waals surface area (Å²) in [6, 6.07) is 17.3. The van der Waals surface area contributed by atoms with Crippen molar-refractivity contribution in [2.45, 2.75) is 11.3 Å². The average molecular weight is 551 g/mol. The van der Waals surface area contributed by atoms with Crippen LogP contribution in [0.5, 0.6) is 0 Å². The highest BCUT2D eigenvalue weighted by Gasteiger charge is 2.38. The first kappa shape index (κ1) is 27.5. The number of anilines is 2. The Bertz CT molecular complexity index is 1440. The minimum absolute atomic E-state index is 0.0642. The first-order valence-corrected chi connectivity index (χ1v) is 12.5. The molecule has 1 heterocycles. The van der Waals surface area contributed by atoms with E-state index in [1.165, 1.54) is 55.6 Å². The predicted octanol–water partition coefficient (Wildman–Crippen LogP) is 4.81. The standard InChI is InChI=1S/C27H23FN4O6S/c1-38-15-3-14-31-26(34)23(29-19-10-8-18(28)9-11-19)24(27(31)35)39-22-5-2-4-20(16-22)30-25(33)17-6-12-21(13-7-17)32(36)37/h2,4-13,16,29H,3,14-15H2,1H3,(H,30,33). The van der Waals surface area contributed by atoms with Gasteiger partial charge >= 0.3 is 0 Å². The van der Waals surface area contributed by atoms with Crippen LogP contribution in [0.2, 0.25) is 0 Å². The molecule has 3 amide bonds. The van der Waals surface area contributed by atoms with Crippen molar-refractivity contribution in [1.29, 1.82) is 0 Å². The zero-order valence-corrected chi connectivity index (χ0v) is 21.5. The number of carbonyl (C=O) groups excluding carboxylic acids is 3. The highest BCUT2D eigenvalue weighted by Crippen LogP contribution is 2.37. The van der Waals surface area contributed by atoms with Crippen LogP contribution in [-0.4, -0.2) is 47.8 Å². The van der Waals surface area contributed by atoms with E-state index in [0.717, 1.165) is 16.7 Å². The Morgan fingerprint density at radius 2 is 1.74 bits per heavy atom. The molecular formula is C27H23FN4O6S. The maximum absolute atomic E-state index is 13.4. The van der Waals surface area contributed by atoms with Gasteiger partial charge in [0.05, 0.1) is 4.92 Å². The summed E-state index contributed by atoms with van der Waals surface area (Å²) >= 11 is 1.05. The van der Waals surface area contributed by atoms with Crippen molar-refractivity contribution in [3.63, 3.8) is 0 Å². The second-order valence-electron chi connectivity index (χ2n) is 8.33. The van der Waals surface area contributed by atoms with Gasteiger partial charge < -0.3 is 15.4 Å². The third-order valence-corrected chi connectivity index (χ3v) is 6.69. The molecule has 0 spiro atoms. The van der Waals surface area contributed by atoms with Crippen molar-refractivity contribution in [1.82, 2.24) is 4.90 Å². The number of hydrogen-bond acceptors (Lipinski definition) is 8. The zero-order chi connectivity index (χ0) is 27.9. The fraction of sp³-hybridized carbons (Fsp3) is 0.148. The molecule has 1 aliphatic rings. The third kappa shape index (κ3) is 6.67. The number of nitrogens with one attached hydrogen (secondary N) is 2. The maximum atomic E-state index is 13.4. The quantitative estimate of drug-likeness (QED) is 0.151. The topological polar surface area (TPSA) is 131 Å². The van der Waals surface area contributed by atoms with E-state index in [0.29, 0.717) is 29.3 Å². The molecule has 0 fully saturated rings. The van der Waals surface area contributed by atoms with Crippen molar-refractivity contribution in [2.75, 3.05) is 30.9 Å². The molecule has 0 unspecified atom stereocenters. The largest absolute Gasteiger partial charge is 0.385 e. The van der Waals surface area contributed by atoms with Crippen molar-refractivity contribution in [2.24, 2.45) is 0 Å². The first-order chi connectivity index (χ1) is 18.8. The number of benzene rings is 3. The van der Waals surface area contributed by atoms with Gasteiger partial charge in [-0.1, -0.05) is 17.8 Å². The smallest absolute Gasteiger partial charge is 0.278 e. The van der Waals surface area contributed by atoms with Gasteiger partial charge in [-0.15, -0.1) is 0 Å². The lowest BCUT2D eigenvalue weighted by Gasteiger charge is -2.14. The number of hydrogen-bond donors (Lipinski definition) is 2. The molecule has 0 saturated heterocycles. The van der Waals surface area contributed by atoms with Crippen LogP contribution in [-0.2, 0) is 14.3 Å². The number of rotatable bonds is 11. The number of amides is 3. The summed E-state index contributed by atoms with van der Waals surface area (Å²) in [4.78, 5) is 51.2. The summed E-state index contributed by atoms with van der Waals surface area (Å²) in [5, 5.41) is 16.5. The molecule has 4 rings (SSSR count). The molecule has 0 saturated carbocycles. The monoisotopic (exact) mass is 550 g/mol. The van der Waals surface area contributed by atoms with Crippen LogP contribution in [0, 0.1) is 15.9 Å². The lowest BCUT2D eigenvalue weighted by atomic mass is 10.2. The second kappa shape index (κ2) is 12.3. The number of nitro benzene ring substituents is 1. The van der Waals surface area contributed by atoms with Crippen LogP contribution in [0.1, 0.15) is 16.8 Å². The molecule has 0 aliphatic carbocycles. The van der Waals surface area contributed by atoms with Gasteiger partial charge in [0, 0.05) is 54.2 Å². The molecule has 0 atom stereocenters. The molecular weight excluding hydrogens is 527 g/mol. The van der Waals surface area contributed by atoms with E-state index in [2.05, 4.69) is 10.6 Å². The number of carbonyl (C=O) groups is 3. The number of methoxy groups -OCH3 is 1. The summed E-state index contributed by atoms with van der Waals surface area (Å²) in [6.07, 6.45) is 0.458. The Morgan fingerprint density at radius 3 is 2.41 bits per heavy atom. The summed E-state index contributed by atoms with van der Waals surface area (Å²) in [5.41, 5.74) is 1.03. The summed E-state index contributed by atoms with van der Waals surface area (Å²) in [6.45, 7) is 0.534. The SMILES string of the molecule is COCCCN1C(=O)C(Nc2ccc(F)cc2)=C(Sc2cccc(NC(=O)c3ccc([N+](=O)[O-])cc3)c2)C1=O. The van der Waals surface area contributed by atoms with E-state index in [4.69, 9.17) is 4.74 Å². The molecule has 200 valence electrons. The molecule has 0 radical (unpaired) electrons. The van der Waals surface area contributed by atoms with Gasteiger partial charge in [0.25, 0.3) is 23.4 Å². The van der Waals surface area contributed by atoms with Gasteiger partial charge in [0.2, 0.25) is 0 Å². The van der Waals surface area contributed by atoms with E-state index in [-0.39, 0.29) is 28.4 Å². The normalized spacial score (nSPS) is 13.1. The summed E-state index contributed by atoms with van der Waals surface area (Å²) in [5.74, 6) is -1.90. The fourth-order valence-corrected chi connectivity index (χ4v) is 4.71. The molecule has 1 aliphatic heterocycles. The zero-order valence-electron chi connectivity index (χ0n) is 20.7. The highest BCUT2D eigenvalue weighted by atomic mass is 32.2. The lowest BCUT2D eigenvalue weighted by Crippen LogP contribution is -2.33. The molecule has 39 heavy (non-hydrogen) atoms. The van der Waals surface area contributed by atoms with E-state index >= 15 is 0 Å². The van der Waals surface area contributed by atoms with Crippen LogP contribution in [0.25, 0.3) is 0 Å². The number of nitrogens with zero attached hydrogens (tertiary/aromatic N) is 2. The Labute approximate surface area is 227 Å². The van der Waals surface area contributed by atoms with E-state index in [1.54, 1.807) is 24.3 Å². The van der Waals surface area contributed by atoms with Crippen LogP contribution >= 0.6 is 11.8 Å². The van der Waals surface area contributed by atoms with Crippen molar-refractivity contribution >= 4 is 46.5 Å². The van der Waals surface area contributed by atoms with Gasteiger partial charge in [-0.2, -0.15) is 0 Å². The van der Waals surface area contributed by atoms with Crippen LogP contribution in [0.4, 0.5) is 21.5 Å². The number of thioether (sulfide) groups is 1. The van der Waals surface area contributed by atoms with Crippen LogP contribution in [0.15, 0.2) is 88.3 Å². The number of nitro groups is 1. The Morgan fingerprint density at radius 1 is 1.03 bits per heavy atom. The van der Waals surface area contributed by atoms with Crippen molar-refractivity contribution in [3.05, 3.63) is 105 Å². The lowest BCUT2D eigenvalue weighted by molar-refractivity contribution is -0.384. The fourth-order valence-electron chi connectivity index (χ4n) is 3.70. The first-order valence-electron chi connectivity index (χ1n) is 11.7. The Balaban J connectivity index is 1.56. The number of ether oxygens (including phenoxy) is 1. The summed E-state index contributed by atoms with van der Waals surface area (Å²) in [7, 11) is 1.53. The molecule has 3 aromatic rings. The molecule has 2 N–H and O–H groups in total. The highest BCUT2D eigenvalue weighted by molar-refractivity contribution is 8.04. The molecule has 10 nitrogen and oxygen atoms in total. The Hall–Kier alpha value is -4.55. The molecule has 12 heteroatoms. The predicted molar refractivity (Wildman–Crippen MR) is 144 cm³/mol. The van der Waals surface area contributed by atoms with E-state index < -0.39 is 28.5 Å². The number of imide groups is 1. The Kier molecular flexibility index (Phi) is 8.69. The van der Waals surface area contributed by atoms with E-state index in [9.17, 15) is 28.9 Å². The average Bonchev–Trinajstić information content (AvgIpc) is 3.14. The minimum atomic E-state index is -0.552. The van der Waals surface area contributed by atoms with Gasteiger partial charge in [0.15, 0.2) is 0 Å². The second-order valence-corrected chi connectivity index (χ2v) is 9.42. The van der Waals surface area contributed by atoms with Crippen molar-refractivity contribution < 1.29 is 28.4 Å². The summed E-state index contributed by atoms with van der Waals surface area (Å²) < 4.78 is 18.4. The number of halogens is 1. The third-order valence-electron chi connectivity index (χ3n) is 5.62. The van der Waals surface area contributed by atoms with Gasteiger partial charge in [0.1, 0.15) is 16.4 Å². The van der Waals surface area contributed by atoms with Crippen molar-refractivity contribution in [3.8, 4) is 0 Å². The molecule has 0 bridgehead atoms. The van der Waals surface area contributed by atoms with Crippen LogP contribution in [0.3, 0.4) is 0 Å². The minimum Gasteiger partial charge on any atom is -0.385 e. The van der Waals surface area contributed by atoms with Gasteiger partial charge in [-0.3, -0.25) is 29.4 Å². The van der Waals surface area contributed by atoms with Crippen LogP contribution < -0.4 is 10.6 Å². The van der Waals surface area contributed by atoms with E-state index in [1.807, 2.05) is 0 Å². The molecule has 3 aromatic carbocycles. The molecule has 0 aromatic heterocycles.